The first kappa shape index (κ1) is 13.5. The summed E-state index contributed by atoms with van der Waals surface area (Å²) in [5.74, 6) is 0. The third-order valence-electron chi connectivity index (χ3n) is 3.73. The van der Waals surface area contributed by atoms with Crippen molar-refractivity contribution in [3.05, 3.63) is 51.7 Å². The molecule has 0 amide bonds. The van der Waals surface area contributed by atoms with Gasteiger partial charge in [-0.15, -0.1) is 11.3 Å². The van der Waals surface area contributed by atoms with Gasteiger partial charge in [-0.1, -0.05) is 18.2 Å². The summed E-state index contributed by atoms with van der Waals surface area (Å²) in [6.07, 6.45) is 0. The lowest BCUT2D eigenvalue weighted by atomic mass is 10.1. The number of nitrogens with zero attached hydrogens (tertiary/aromatic N) is 1. The Morgan fingerprint density at radius 1 is 1.20 bits per heavy atom. The van der Waals surface area contributed by atoms with E-state index < -0.39 is 0 Å². The predicted molar refractivity (Wildman–Crippen MR) is 88.9 cm³/mol. The summed E-state index contributed by atoms with van der Waals surface area (Å²) in [4.78, 5) is 1.22. The van der Waals surface area contributed by atoms with E-state index in [0.717, 1.165) is 5.69 Å². The maximum absolute atomic E-state index is 5.51. The highest BCUT2D eigenvalue weighted by Crippen LogP contribution is 2.31. The lowest BCUT2D eigenvalue weighted by Gasteiger charge is -2.25. The minimum Gasteiger partial charge on any atom is -0.337 e. The molecule has 0 aliphatic carbocycles. The molecule has 1 atom stereocenters. The molecule has 0 bridgehead atoms. The molecule has 2 N–H and O–H groups in total. The summed E-state index contributed by atoms with van der Waals surface area (Å²) >= 11 is 7.22. The van der Waals surface area contributed by atoms with Crippen LogP contribution in [0.15, 0.2) is 35.7 Å². The minimum absolute atomic E-state index is 0.346. The van der Waals surface area contributed by atoms with Crippen LogP contribution in [-0.2, 0) is 5.66 Å². The van der Waals surface area contributed by atoms with E-state index in [4.69, 9.17) is 12.2 Å². The molecule has 0 spiro atoms. The Hall–Kier alpha value is -1.43. The second kappa shape index (κ2) is 4.84. The highest BCUT2D eigenvalue weighted by Gasteiger charge is 2.39. The van der Waals surface area contributed by atoms with Crippen LogP contribution in [-0.4, -0.2) is 5.11 Å². The zero-order valence-electron chi connectivity index (χ0n) is 11.7. The third kappa shape index (κ3) is 2.12. The number of aryl methyl sites for hydroxylation is 1. The first-order valence-corrected chi connectivity index (χ1v) is 7.80. The van der Waals surface area contributed by atoms with Crippen molar-refractivity contribution in [3.63, 3.8) is 0 Å². The van der Waals surface area contributed by atoms with Gasteiger partial charge in [-0.25, -0.2) is 5.01 Å². The molecule has 2 heterocycles. The summed E-state index contributed by atoms with van der Waals surface area (Å²) in [6.45, 7) is 6.34. The molecule has 104 valence electrons. The fourth-order valence-corrected chi connectivity index (χ4v) is 3.54. The fraction of sp³-hybridized carbons (Fsp3) is 0.267. The van der Waals surface area contributed by atoms with E-state index in [1.54, 1.807) is 11.3 Å². The molecule has 0 unspecified atom stereocenters. The molecule has 1 fully saturated rings. The van der Waals surface area contributed by atoms with Crippen molar-refractivity contribution in [2.75, 3.05) is 5.01 Å². The normalized spacial score (nSPS) is 22.1. The number of hydrogen-bond acceptors (Lipinski definition) is 3. The minimum atomic E-state index is -0.346. The summed E-state index contributed by atoms with van der Waals surface area (Å²) in [5, 5.41) is 8.13. The van der Waals surface area contributed by atoms with Crippen LogP contribution in [0.4, 0.5) is 5.69 Å². The number of anilines is 1. The largest absolute Gasteiger partial charge is 0.337 e. The second-order valence-corrected chi connectivity index (χ2v) is 6.53. The Morgan fingerprint density at radius 2 is 2.00 bits per heavy atom. The molecule has 20 heavy (non-hydrogen) atoms. The molecular formula is C15H17N3S2. The Morgan fingerprint density at radius 3 is 2.70 bits per heavy atom. The van der Waals surface area contributed by atoms with E-state index in [0.29, 0.717) is 5.11 Å². The van der Waals surface area contributed by atoms with Gasteiger partial charge in [0.15, 0.2) is 5.11 Å². The number of nitrogens with one attached hydrogen (secondary N) is 2. The molecule has 1 aromatic heterocycles. The van der Waals surface area contributed by atoms with E-state index in [9.17, 15) is 0 Å². The highest BCUT2D eigenvalue weighted by molar-refractivity contribution is 7.80. The third-order valence-corrected chi connectivity index (χ3v) is 5.10. The van der Waals surface area contributed by atoms with Gasteiger partial charge in [0.25, 0.3) is 0 Å². The number of rotatable bonds is 2. The van der Waals surface area contributed by atoms with E-state index >= 15 is 0 Å². The van der Waals surface area contributed by atoms with Crippen LogP contribution in [0, 0.1) is 13.8 Å². The summed E-state index contributed by atoms with van der Waals surface area (Å²) in [7, 11) is 0. The number of thiophene rings is 1. The first-order chi connectivity index (χ1) is 9.51. The average molecular weight is 303 g/mol. The van der Waals surface area contributed by atoms with Crippen molar-refractivity contribution in [2.45, 2.75) is 26.4 Å². The van der Waals surface area contributed by atoms with Gasteiger partial charge in [0, 0.05) is 4.88 Å². The molecule has 3 rings (SSSR count). The maximum atomic E-state index is 5.51. The van der Waals surface area contributed by atoms with Crippen molar-refractivity contribution in [2.24, 2.45) is 0 Å². The lowest BCUT2D eigenvalue weighted by Crippen LogP contribution is -2.45. The molecule has 0 radical (unpaired) electrons. The van der Waals surface area contributed by atoms with Gasteiger partial charge in [-0.3, -0.25) is 0 Å². The molecule has 1 saturated heterocycles. The highest BCUT2D eigenvalue weighted by atomic mass is 32.1. The van der Waals surface area contributed by atoms with Gasteiger partial charge in [0.1, 0.15) is 5.66 Å². The SMILES string of the molecule is Cc1cccc(N2N[C@](C)(c3cccs3)NC2=S)c1C. The number of hydrazine groups is 1. The van der Waals surface area contributed by atoms with Crippen molar-refractivity contribution in [3.8, 4) is 0 Å². The summed E-state index contributed by atoms with van der Waals surface area (Å²) in [6, 6.07) is 10.4. The van der Waals surface area contributed by atoms with Crippen LogP contribution in [0.25, 0.3) is 0 Å². The topological polar surface area (TPSA) is 27.3 Å². The van der Waals surface area contributed by atoms with Gasteiger partial charge >= 0.3 is 0 Å². The zero-order valence-corrected chi connectivity index (χ0v) is 13.4. The molecule has 2 aromatic rings. The van der Waals surface area contributed by atoms with Crippen molar-refractivity contribution < 1.29 is 0 Å². The Labute approximate surface area is 128 Å². The lowest BCUT2D eigenvalue weighted by molar-refractivity contribution is 0.398. The van der Waals surface area contributed by atoms with Crippen LogP contribution in [0.5, 0.6) is 0 Å². The molecule has 1 aliphatic rings. The zero-order chi connectivity index (χ0) is 14.3. The summed E-state index contributed by atoms with van der Waals surface area (Å²) < 4.78 is 0. The molecule has 3 nitrogen and oxygen atoms in total. The van der Waals surface area contributed by atoms with Gasteiger partial charge < -0.3 is 5.32 Å². The predicted octanol–water partition coefficient (Wildman–Crippen LogP) is 3.44. The Balaban J connectivity index is 1.97. The standard InChI is InChI=1S/C15H17N3S2/c1-10-6-4-7-12(11(10)2)18-14(19)16-15(3,17-18)13-8-5-9-20-13/h4-9,17H,1-3H3,(H,16,19)/t15-/m1/s1. The second-order valence-electron chi connectivity index (χ2n) is 5.20. The van der Waals surface area contributed by atoms with Crippen molar-refractivity contribution >= 4 is 34.4 Å². The Kier molecular flexibility index (Phi) is 3.28. The molecule has 0 saturated carbocycles. The van der Waals surface area contributed by atoms with E-state index in [2.05, 4.69) is 67.2 Å². The maximum Gasteiger partial charge on any atom is 0.190 e. The van der Waals surface area contributed by atoms with Gasteiger partial charge in [0.2, 0.25) is 0 Å². The van der Waals surface area contributed by atoms with Crippen LogP contribution in [0.2, 0.25) is 0 Å². The van der Waals surface area contributed by atoms with Gasteiger partial charge in [0.05, 0.1) is 5.69 Å². The fourth-order valence-electron chi connectivity index (χ4n) is 2.40. The number of thiocarbonyl (C=S) groups is 1. The monoisotopic (exact) mass is 303 g/mol. The van der Waals surface area contributed by atoms with Gasteiger partial charge in [-0.05, 0) is 61.6 Å². The van der Waals surface area contributed by atoms with Crippen molar-refractivity contribution in [1.29, 1.82) is 0 Å². The van der Waals surface area contributed by atoms with Crippen molar-refractivity contribution in [1.82, 2.24) is 10.7 Å². The Bertz CT molecular complexity index is 651. The van der Waals surface area contributed by atoms with Crippen LogP contribution in [0.1, 0.15) is 22.9 Å². The smallest absolute Gasteiger partial charge is 0.190 e. The van der Waals surface area contributed by atoms with Crippen LogP contribution < -0.4 is 15.8 Å². The van der Waals surface area contributed by atoms with Crippen LogP contribution >= 0.6 is 23.6 Å². The summed E-state index contributed by atoms with van der Waals surface area (Å²) in [5.41, 5.74) is 6.75. The van der Waals surface area contributed by atoms with Gasteiger partial charge in [-0.2, -0.15) is 5.43 Å². The molecular weight excluding hydrogens is 286 g/mol. The first-order valence-electron chi connectivity index (χ1n) is 6.51. The molecule has 1 aliphatic heterocycles. The quantitative estimate of drug-likeness (QED) is 0.831. The molecule has 1 aromatic carbocycles. The van der Waals surface area contributed by atoms with Crippen LogP contribution in [0.3, 0.4) is 0 Å². The molecule has 5 heteroatoms. The van der Waals surface area contributed by atoms with E-state index in [1.807, 2.05) is 5.01 Å². The number of benzene rings is 1. The van der Waals surface area contributed by atoms with E-state index in [-0.39, 0.29) is 5.66 Å². The number of hydrogen-bond donors (Lipinski definition) is 2. The average Bonchev–Trinajstić information content (AvgIpc) is 3.02. The van der Waals surface area contributed by atoms with E-state index in [1.165, 1.54) is 16.0 Å².